The standard InChI is InChI=1S/C29H37ClN4O6/c1-38-15-12-20-2-5-24(6-3-20)39-18-23(35)17-31-22-10-13-34(14-11-22)29(37)19-40-27-8-4-21(16-25(27)30)26-7-9-28(36)33-32-26/h2-6,8,16,22-23,31,35H,7,9-15,17-19H2,1H3,(H,33,36). The van der Waals surface area contributed by atoms with Crippen LogP contribution in [0.25, 0.3) is 0 Å². The zero-order valence-electron chi connectivity index (χ0n) is 22.7. The highest BCUT2D eigenvalue weighted by molar-refractivity contribution is 6.32. The molecule has 11 heteroatoms. The van der Waals surface area contributed by atoms with Gasteiger partial charge in [-0.15, -0.1) is 0 Å². The molecule has 2 amide bonds. The first kappa shape index (κ1) is 29.8. The molecule has 2 aliphatic rings. The van der Waals surface area contributed by atoms with Crippen molar-refractivity contribution in [2.45, 2.75) is 44.2 Å². The highest BCUT2D eigenvalue weighted by Gasteiger charge is 2.24. The fourth-order valence-corrected chi connectivity index (χ4v) is 4.81. The second-order valence-electron chi connectivity index (χ2n) is 9.94. The smallest absolute Gasteiger partial charge is 0.260 e. The number of aliphatic hydroxyl groups is 1. The van der Waals surface area contributed by atoms with Crippen LogP contribution >= 0.6 is 11.6 Å². The van der Waals surface area contributed by atoms with Crippen molar-refractivity contribution in [2.75, 3.05) is 46.6 Å². The summed E-state index contributed by atoms with van der Waals surface area (Å²) in [5, 5.41) is 18.2. The van der Waals surface area contributed by atoms with E-state index in [1.165, 1.54) is 5.56 Å². The number of piperidine rings is 1. The zero-order chi connectivity index (χ0) is 28.3. The largest absolute Gasteiger partial charge is 0.491 e. The first-order valence-electron chi connectivity index (χ1n) is 13.6. The second kappa shape index (κ2) is 15.0. The van der Waals surface area contributed by atoms with E-state index in [0.717, 1.165) is 36.3 Å². The van der Waals surface area contributed by atoms with Gasteiger partial charge in [-0.05, 0) is 60.7 Å². The van der Waals surface area contributed by atoms with Crippen LogP contribution in [0.15, 0.2) is 47.6 Å². The van der Waals surface area contributed by atoms with Crippen molar-refractivity contribution in [3.05, 3.63) is 58.6 Å². The molecule has 40 heavy (non-hydrogen) atoms. The van der Waals surface area contributed by atoms with E-state index in [1.54, 1.807) is 24.1 Å². The number of nitrogens with zero attached hydrogens (tertiary/aromatic N) is 2. The van der Waals surface area contributed by atoms with Crippen molar-refractivity contribution in [3.63, 3.8) is 0 Å². The third-order valence-electron chi connectivity index (χ3n) is 6.97. The molecule has 0 saturated carbocycles. The van der Waals surface area contributed by atoms with Gasteiger partial charge in [0.05, 0.1) is 17.3 Å². The lowest BCUT2D eigenvalue weighted by atomic mass is 10.0. The van der Waals surface area contributed by atoms with Gasteiger partial charge in [0.15, 0.2) is 6.61 Å². The minimum atomic E-state index is -0.638. The van der Waals surface area contributed by atoms with Gasteiger partial charge in [0.2, 0.25) is 5.91 Å². The molecule has 3 N–H and O–H groups in total. The van der Waals surface area contributed by atoms with Crippen LogP contribution in [0.1, 0.15) is 36.8 Å². The number of methoxy groups -OCH3 is 1. The average molecular weight is 573 g/mol. The van der Waals surface area contributed by atoms with Crippen molar-refractivity contribution in [2.24, 2.45) is 5.10 Å². The molecular formula is C29H37ClN4O6. The van der Waals surface area contributed by atoms with Crippen LogP contribution in [0, 0.1) is 0 Å². The van der Waals surface area contributed by atoms with Gasteiger partial charge in [-0.2, -0.15) is 5.10 Å². The van der Waals surface area contributed by atoms with Crippen molar-refractivity contribution >= 4 is 29.1 Å². The lowest BCUT2D eigenvalue weighted by Crippen LogP contribution is -2.48. The lowest BCUT2D eigenvalue weighted by molar-refractivity contribution is -0.134. The number of carbonyl (C=O) groups is 2. The van der Waals surface area contributed by atoms with E-state index in [1.807, 2.05) is 30.3 Å². The van der Waals surface area contributed by atoms with Gasteiger partial charge in [0.25, 0.3) is 5.91 Å². The number of likely N-dealkylation sites (tertiary alicyclic amines) is 1. The van der Waals surface area contributed by atoms with E-state index in [9.17, 15) is 14.7 Å². The number of amides is 2. The summed E-state index contributed by atoms with van der Waals surface area (Å²) in [5.41, 5.74) is 5.21. The third-order valence-corrected chi connectivity index (χ3v) is 7.27. The van der Waals surface area contributed by atoms with Crippen LogP contribution in [0.4, 0.5) is 0 Å². The first-order valence-corrected chi connectivity index (χ1v) is 14.0. The van der Waals surface area contributed by atoms with E-state index >= 15 is 0 Å². The SMILES string of the molecule is COCCc1ccc(OCC(O)CNC2CCN(C(=O)COc3ccc(C4=NNC(=O)CC4)cc3Cl)CC2)cc1. The number of nitrogens with one attached hydrogen (secondary N) is 2. The number of rotatable bonds is 13. The van der Waals surface area contributed by atoms with E-state index in [0.29, 0.717) is 49.9 Å². The van der Waals surface area contributed by atoms with Crippen molar-refractivity contribution in [1.82, 2.24) is 15.6 Å². The Balaban J connectivity index is 1.12. The van der Waals surface area contributed by atoms with Crippen LogP contribution in [0.3, 0.4) is 0 Å². The normalized spacial score (nSPS) is 16.7. The number of benzene rings is 2. The second-order valence-corrected chi connectivity index (χ2v) is 10.3. The van der Waals surface area contributed by atoms with Crippen molar-refractivity contribution in [3.8, 4) is 11.5 Å². The Morgan fingerprint density at radius 3 is 2.62 bits per heavy atom. The maximum Gasteiger partial charge on any atom is 0.260 e. The molecule has 0 bridgehead atoms. The maximum atomic E-state index is 12.7. The number of halogens is 1. The Morgan fingerprint density at radius 1 is 1.18 bits per heavy atom. The number of aliphatic hydroxyl groups excluding tert-OH is 1. The Labute approximate surface area is 239 Å². The minimum Gasteiger partial charge on any atom is -0.491 e. The molecule has 1 fully saturated rings. The monoisotopic (exact) mass is 572 g/mol. The molecule has 2 aliphatic heterocycles. The first-order chi connectivity index (χ1) is 19.4. The lowest BCUT2D eigenvalue weighted by Gasteiger charge is -2.33. The van der Waals surface area contributed by atoms with E-state index in [4.69, 9.17) is 25.8 Å². The molecule has 1 atom stereocenters. The van der Waals surface area contributed by atoms with Crippen LogP contribution < -0.4 is 20.2 Å². The minimum absolute atomic E-state index is 0.0976. The summed E-state index contributed by atoms with van der Waals surface area (Å²) in [6.45, 7) is 2.42. The summed E-state index contributed by atoms with van der Waals surface area (Å²) in [5.74, 6) is 0.945. The molecule has 0 radical (unpaired) electrons. The molecule has 2 heterocycles. The Bertz CT molecular complexity index is 1170. The predicted octanol–water partition coefficient (Wildman–Crippen LogP) is 2.54. The molecule has 4 rings (SSSR count). The van der Waals surface area contributed by atoms with Gasteiger partial charge in [0, 0.05) is 45.6 Å². The van der Waals surface area contributed by atoms with E-state index in [2.05, 4.69) is 15.8 Å². The Morgan fingerprint density at radius 2 is 1.95 bits per heavy atom. The molecule has 1 saturated heterocycles. The summed E-state index contributed by atoms with van der Waals surface area (Å²) in [6.07, 6.45) is 2.72. The number of ether oxygens (including phenoxy) is 3. The summed E-state index contributed by atoms with van der Waals surface area (Å²) >= 11 is 6.37. The van der Waals surface area contributed by atoms with Gasteiger partial charge >= 0.3 is 0 Å². The fourth-order valence-electron chi connectivity index (χ4n) is 4.57. The summed E-state index contributed by atoms with van der Waals surface area (Å²) in [4.78, 5) is 25.8. The molecular weight excluding hydrogens is 536 g/mol. The number of hydrogen-bond acceptors (Lipinski definition) is 8. The fraction of sp³-hybridized carbons (Fsp3) is 0.483. The molecule has 2 aromatic carbocycles. The molecule has 1 unspecified atom stereocenters. The van der Waals surface area contributed by atoms with Crippen LogP contribution in [-0.4, -0.2) is 86.2 Å². The van der Waals surface area contributed by atoms with Crippen molar-refractivity contribution < 1.29 is 28.9 Å². The van der Waals surface area contributed by atoms with Gasteiger partial charge in [0.1, 0.15) is 24.2 Å². The van der Waals surface area contributed by atoms with Crippen LogP contribution in [0.5, 0.6) is 11.5 Å². The molecule has 10 nitrogen and oxygen atoms in total. The van der Waals surface area contributed by atoms with Gasteiger partial charge in [-0.1, -0.05) is 23.7 Å². The van der Waals surface area contributed by atoms with Crippen LogP contribution in [-0.2, 0) is 20.7 Å². The quantitative estimate of drug-likeness (QED) is 0.337. The highest BCUT2D eigenvalue weighted by atomic mass is 35.5. The Kier molecular flexibility index (Phi) is 11.2. The van der Waals surface area contributed by atoms with E-state index < -0.39 is 6.10 Å². The summed E-state index contributed by atoms with van der Waals surface area (Å²) in [7, 11) is 1.68. The van der Waals surface area contributed by atoms with Gasteiger partial charge in [-0.25, -0.2) is 5.43 Å². The molecule has 0 aromatic heterocycles. The Hall–Kier alpha value is -3.18. The summed E-state index contributed by atoms with van der Waals surface area (Å²) < 4.78 is 16.5. The topological polar surface area (TPSA) is 122 Å². The third kappa shape index (κ3) is 8.92. The highest BCUT2D eigenvalue weighted by Crippen LogP contribution is 2.27. The molecule has 0 spiro atoms. The maximum absolute atomic E-state index is 12.7. The van der Waals surface area contributed by atoms with Gasteiger partial charge < -0.3 is 29.5 Å². The zero-order valence-corrected chi connectivity index (χ0v) is 23.5. The predicted molar refractivity (Wildman–Crippen MR) is 152 cm³/mol. The van der Waals surface area contributed by atoms with Crippen LogP contribution in [0.2, 0.25) is 5.02 Å². The molecule has 0 aliphatic carbocycles. The number of carbonyl (C=O) groups excluding carboxylic acids is 2. The van der Waals surface area contributed by atoms with Gasteiger partial charge in [-0.3, -0.25) is 9.59 Å². The average Bonchev–Trinajstić information content (AvgIpc) is 2.98. The molecule has 216 valence electrons. The van der Waals surface area contributed by atoms with E-state index in [-0.39, 0.29) is 31.1 Å². The molecule has 2 aromatic rings. The van der Waals surface area contributed by atoms with Crippen molar-refractivity contribution in [1.29, 1.82) is 0 Å². The number of hydrogen-bond donors (Lipinski definition) is 3. The number of hydrazone groups is 1. The summed E-state index contributed by atoms with van der Waals surface area (Å²) in [6, 6.07) is 13.3.